The molecule has 2 aromatic rings. The Morgan fingerprint density at radius 3 is 2.95 bits per heavy atom. The van der Waals surface area contributed by atoms with Crippen LogP contribution in [0.4, 0.5) is 0 Å². The molecule has 100 valence electrons. The fraction of sp³-hybridized carbons (Fsp3) is 0.250. The highest BCUT2D eigenvalue weighted by Crippen LogP contribution is 2.25. The minimum atomic E-state index is 0.128. The van der Waals surface area contributed by atoms with Crippen molar-refractivity contribution in [2.75, 3.05) is 0 Å². The average molecular weight is 294 g/mol. The van der Waals surface area contributed by atoms with E-state index < -0.39 is 0 Å². The number of nitrogens with two attached hydrogens (primary N) is 1. The predicted molar refractivity (Wildman–Crippen MR) is 77.8 cm³/mol. The lowest BCUT2D eigenvalue weighted by molar-refractivity contribution is 0.318. The van der Waals surface area contributed by atoms with E-state index in [9.17, 15) is 0 Å². The summed E-state index contributed by atoms with van der Waals surface area (Å²) in [4.78, 5) is 4.40. The van der Waals surface area contributed by atoms with Crippen LogP contribution in [0.5, 0.6) is 0 Å². The quantitative estimate of drug-likeness (QED) is 0.291. The third kappa shape index (κ3) is 3.45. The van der Waals surface area contributed by atoms with Crippen molar-refractivity contribution in [2.45, 2.75) is 23.4 Å². The number of rotatable bonds is 5. The van der Waals surface area contributed by atoms with E-state index in [2.05, 4.69) is 14.5 Å². The van der Waals surface area contributed by atoms with Gasteiger partial charge in [0, 0.05) is 17.7 Å². The van der Waals surface area contributed by atoms with Gasteiger partial charge in [-0.1, -0.05) is 48.1 Å². The second-order valence-corrected chi connectivity index (χ2v) is 5.74. The average Bonchev–Trinajstić information content (AvgIpc) is 2.92. The largest absolute Gasteiger partial charge is 0.409 e. The van der Waals surface area contributed by atoms with E-state index in [4.69, 9.17) is 10.9 Å². The number of thioether (sulfide) groups is 1. The number of aromatic nitrogens is 2. The topological polar surface area (TPSA) is 84.4 Å². The van der Waals surface area contributed by atoms with Crippen LogP contribution in [0.15, 0.2) is 33.8 Å². The summed E-state index contributed by atoms with van der Waals surface area (Å²) in [6.07, 6.45) is 0.845. The molecule has 1 heterocycles. The molecular weight excluding hydrogens is 280 g/mol. The van der Waals surface area contributed by atoms with Gasteiger partial charge in [-0.25, -0.2) is 4.98 Å². The monoisotopic (exact) mass is 294 g/mol. The van der Waals surface area contributed by atoms with Crippen molar-refractivity contribution in [3.8, 4) is 0 Å². The van der Waals surface area contributed by atoms with Crippen molar-refractivity contribution >= 4 is 29.1 Å². The molecule has 0 radical (unpaired) electrons. The fourth-order valence-electron chi connectivity index (χ4n) is 1.53. The van der Waals surface area contributed by atoms with E-state index >= 15 is 0 Å². The molecule has 1 aromatic carbocycles. The summed E-state index contributed by atoms with van der Waals surface area (Å²) in [5.74, 6) is 1.71. The molecule has 0 saturated heterocycles. The Balaban J connectivity index is 2.11. The van der Waals surface area contributed by atoms with E-state index in [1.807, 2.05) is 31.2 Å². The van der Waals surface area contributed by atoms with Gasteiger partial charge in [-0.2, -0.15) is 4.37 Å². The van der Waals surface area contributed by atoms with Crippen molar-refractivity contribution in [1.82, 2.24) is 9.36 Å². The molecular formula is C12H14N4OS2. The normalized spacial score (nSPS) is 11.7. The molecule has 3 N–H and O–H groups in total. The number of hydrogen-bond donors (Lipinski definition) is 2. The lowest BCUT2D eigenvalue weighted by Crippen LogP contribution is -2.15. The Kier molecular flexibility index (Phi) is 4.75. The van der Waals surface area contributed by atoms with Gasteiger partial charge in [0.05, 0.1) is 0 Å². The van der Waals surface area contributed by atoms with Crippen molar-refractivity contribution in [2.24, 2.45) is 10.9 Å². The summed E-state index contributed by atoms with van der Waals surface area (Å²) >= 11 is 3.01. The Morgan fingerprint density at radius 1 is 1.47 bits per heavy atom. The van der Waals surface area contributed by atoms with Crippen LogP contribution in [0, 0.1) is 0 Å². The third-order valence-corrected chi connectivity index (χ3v) is 4.44. The predicted octanol–water partition coefficient (Wildman–Crippen LogP) is 2.49. The van der Waals surface area contributed by atoms with E-state index in [1.165, 1.54) is 11.5 Å². The van der Waals surface area contributed by atoms with Gasteiger partial charge in [-0.3, -0.25) is 0 Å². The first-order valence-corrected chi connectivity index (χ1v) is 7.51. The lowest BCUT2D eigenvalue weighted by atomic mass is 10.1. The zero-order chi connectivity index (χ0) is 13.7. The van der Waals surface area contributed by atoms with E-state index in [0.717, 1.165) is 27.7 Å². The van der Waals surface area contributed by atoms with Gasteiger partial charge in [0.15, 0.2) is 10.2 Å². The van der Waals surface area contributed by atoms with Crippen molar-refractivity contribution in [3.05, 3.63) is 41.2 Å². The minimum Gasteiger partial charge on any atom is -0.409 e. The van der Waals surface area contributed by atoms with E-state index in [0.29, 0.717) is 5.75 Å². The standard InChI is InChI=1S/C12H14N4OS2/c1-2-10-14-12(19-16-10)18-7-8-5-3-4-6-9(8)11(13)15-17/h3-6,17H,2,7H2,1H3,(H2,13,15). The summed E-state index contributed by atoms with van der Waals surface area (Å²) in [5.41, 5.74) is 7.41. The van der Waals surface area contributed by atoms with Gasteiger partial charge in [0.2, 0.25) is 0 Å². The Bertz CT molecular complexity index is 583. The van der Waals surface area contributed by atoms with Crippen LogP contribution in [-0.2, 0) is 12.2 Å². The van der Waals surface area contributed by atoms with Crippen LogP contribution in [0.25, 0.3) is 0 Å². The number of hydrogen-bond acceptors (Lipinski definition) is 6. The lowest BCUT2D eigenvalue weighted by Gasteiger charge is -2.06. The summed E-state index contributed by atoms with van der Waals surface area (Å²) in [5, 5.41) is 11.8. The smallest absolute Gasteiger partial charge is 0.170 e. The molecule has 0 aliphatic heterocycles. The maximum Gasteiger partial charge on any atom is 0.170 e. The molecule has 0 aliphatic carbocycles. The first-order chi connectivity index (χ1) is 9.24. The van der Waals surface area contributed by atoms with Gasteiger partial charge < -0.3 is 10.9 Å². The molecule has 0 spiro atoms. The summed E-state index contributed by atoms with van der Waals surface area (Å²) in [6.45, 7) is 2.03. The Hall–Kier alpha value is -1.60. The fourth-order valence-corrected chi connectivity index (χ4v) is 3.23. The molecule has 19 heavy (non-hydrogen) atoms. The van der Waals surface area contributed by atoms with Gasteiger partial charge in [0.1, 0.15) is 5.82 Å². The van der Waals surface area contributed by atoms with Crippen LogP contribution in [-0.4, -0.2) is 20.4 Å². The van der Waals surface area contributed by atoms with E-state index in [1.54, 1.807) is 11.8 Å². The molecule has 2 rings (SSSR count). The molecule has 0 amide bonds. The third-order valence-electron chi connectivity index (χ3n) is 2.52. The molecule has 7 heteroatoms. The summed E-state index contributed by atoms with van der Waals surface area (Å²) in [6, 6.07) is 7.59. The van der Waals surface area contributed by atoms with Crippen LogP contribution in [0.3, 0.4) is 0 Å². The molecule has 0 atom stereocenters. The molecule has 0 aliphatic rings. The zero-order valence-corrected chi connectivity index (χ0v) is 12.0. The number of oxime groups is 1. The van der Waals surface area contributed by atoms with Crippen molar-refractivity contribution in [3.63, 3.8) is 0 Å². The Morgan fingerprint density at radius 2 is 2.26 bits per heavy atom. The van der Waals surface area contributed by atoms with Crippen LogP contribution < -0.4 is 5.73 Å². The highest BCUT2D eigenvalue weighted by Gasteiger charge is 2.08. The summed E-state index contributed by atoms with van der Waals surface area (Å²) < 4.78 is 5.18. The van der Waals surface area contributed by atoms with Gasteiger partial charge in [0.25, 0.3) is 0 Å². The number of aryl methyl sites for hydroxylation is 1. The molecule has 0 bridgehead atoms. The van der Waals surface area contributed by atoms with Gasteiger partial charge in [-0.15, -0.1) is 0 Å². The second kappa shape index (κ2) is 6.53. The van der Waals surface area contributed by atoms with Crippen LogP contribution in [0.1, 0.15) is 23.9 Å². The first kappa shape index (κ1) is 13.8. The maximum atomic E-state index is 8.77. The molecule has 0 unspecified atom stereocenters. The van der Waals surface area contributed by atoms with E-state index in [-0.39, 0.29) is 5.84 Å². The first-order valence-electron chi connectivity index (χ1n) is 5.75. The SMILES string of the molecule is CCc1nsc(SCc2ccccc2C(N)=NO)n1. The summed E-state index contributed by atoms with van der Waals surface area (Å²) in [7, 11) is 0. The molecule has 5 nitrogen and oxygen atoms in total. The number of nitrogens with zero attached hydrogens (tertiary/aromatic N) is 3. The zero-order valence-electron chi connectivity index (χ0n) is 10.4. The number of amidine groups is 1. The second-order valence-electron chi connectivity index (χ2n) is 3.76. The highest BCUT2D eigenvalue weighted by molar-refractivity contribution is 8.00. The van der Waals surface area contributed by atoms with Gasteiger partial charge >= 0.3 is 0 Å². The highest BCUT2D eigenvalue weighted by atomic mass is 32.2. The molecule has 0 saturated carbocycles. The van der Waals surface area contributed by atoms with Crippen molar-refractivity contribution in [1.29, 1.82) is 0 Å². The minimum absolute atomic E-state index is 0.128. The molecule has 0 fully saturated rings. The van der Waals surface area contributed by atoms with Crippen LogP contribution in [0.2, 0.25) is 0 Å². The molecule has 1 aromatic heterocycles. The van der Waals surface area contributed by atoms with Crippen molar-refractivity contribution < 1.29 is 5.21 Å². The Labute approximate surface area is 119 Å². The van der Waals surface area contributed by atoms with Gasteiger partial charge in [-0.05, 0) is 17.1 Å². The maximum absolute atomic E-state index is 8.77. The van der Waals surface area contributed by atoms with Crippen LogP contribution >= 0.6 is 23.3 Å². The number of benzene rings is 1.